The molecule has 0 radical (unpaired) electrons. The number of carbonyl (C=O) groups excluding carboxylic acids is 2. The van der Waals surface area contributed by atoms with Crippen LogP contribution in [0, 0.1) is 5.92 Å². The van der Waals surface area contributed by atoms with Gasteiger partial charge in [-0.1, -0.05) is 0 Å². The van der Waals surface area contributed by atoms with E-state index in [0.29, 0.717) is 51.1 Å². The van der Waals surface area contributed by atoms with Crippen molar-refractivity contribution in [1.82, 2.24) is 18.7 Å². The van der Waals surface area contributed by atoms with Crippen molar-refractivity contribution in [3.05, 3.63) is 28.7 Å². The van der Waals surface area contributed by atoms with Gasteiger partial charge in [0.05, 0.1) is 17.0 Å². The Balaban J connectivity index is 1.36. The van der Waals surface area contributed by atoms with Crippen molar-refractivity contribution in [3.63, 3.8) is 0 Å². The van der Waals surface area contributed by atoms with Gasteiger partial charge in [-0.2, -0.15) is 4.31 Å². The van der Waals surface area contributed by atoms with E-state index in [2.05, 4.69) is 0 Å². The average Bonchev–Trinajstić information content (AvgIpc) is 3.11. The topological polar surface area (TPSA) is 122 Å². The smallest absolute Gasteiger partial charge is 0.419 e. The van der Waals surface area contributed by atoms with E-state index in [-0.39, 0.29) is 41.5 Å². The monoisotopic (exact) mass is 480 g/mol. The molecule has 33 heavy (non-hydrogen) atoms. The predicted molar refractivity (Wildman–Crippen MR) is 118 cm³/mol. The molecule has 12 heteroatoms. The van der Waals surface area contributed by atoms with Crippen molar-refractivity contribution < 1.29 is 27.2 Å². The molecule has 1 aromatic carbocycles. The van der Waals surface area contributed by atoms with Gasteiger partial charge in [0.25, 0.3) is 0 Å². The molecule has 2 saturated heterocycles. The molecule has 0 atom stereocenters. The average molecular weight is 481 g/mol. The molecular formula is C21H28N4O7S. The number of aromatic nitrogens is 1. The number of piperidine rings is 1. The minimum atomic E-state index is -3.77. The maximum atomic E-state index is 13.1. The third-order valence-corrected chi connectivity index (χ3v) is 8.22. The molecule has 2 aliphatic rings. The van der Waals surface area contributed by atoms with Crippen LogP contribution in [0.5, 0.6) is 0 Å². The number of fused-ring (bicyclic) bond motifs is 1. The summed E-state index contributed by atoms with van der Waals surface area (Å²) in [7, 11) is -2.22. The first-order valence-electron chi connectivity index (χ1n) is 11.0. The first-order chi connectivity index (χ1) is 15.7. The molecule has 2 amide bonds. The first-order valence-corrected chi connectivity index (χ1v) is 12.5. The van der Waals surface area contributed by atoms with E-state index in [1.54, 1.807) is 29.8 Å². The Hall–Kier alpha value is -2.86. The van der Waals surface area contributed by atoms with Gasteiger partial charge in [0.15, 0.2) is 5.58 Å². The van der Waals surface area contributed by atoms with E-state index in [1.807, 2.05) is 0 Å². The number of nitrogens with zero attached hydrogens (tertiary/aromatic N) is 4. The summed E-state index contributed by atoms with van der Waals surface area (Å²) in [6.45, 7) is 4.27. The van der Waals surface area contributed by atoms with E-state index in [1.165, 1.54) is 21.0 Å². The summed E-state index contributed by atoms with van der Waals surface area (Å²) >= 11 is 0. The van der Waals surface area contributed by atoms with Crippen LogP contribution in [0.4, 0.5) is 4.79 Å². The second kappa shape index (κ2) is 9.18. The number of amides is 2. The van der Waals surface area contributed by atoms with Crippen molar-refractivity contribution >= 4 is 33.1 Å². The minimum Gasteiger partial charge on any atom is -0.450 e. The van der Waals surface area contributed by atoms with Crippen LogP contribution in [0.15, 0.2) is 32.3 Å². The van der Waals surface area contributed by atoms with Gasteiger partial charge in [-0.05, 0) is 31.9 Å². The molecule has 2 fully saturated rings. The predicted octanol–water partition coefficient (Wildman–Crippen LogP) is 0.833. The number of ether oxygens (including phenoxy) is 1. The van der Waals surface area contributed by atoms with Crippen LogP contribution in [0.2, 0.25) is 0 Å². The highest BCUT2D eigenvalue weighted by atomic mass is 32.2. The number of rotatable bonds is 4. The maximum absolute atomic E-state index is 13.1. The number of oxazole rings is 1. The first kappa shape index (κ1) is 23.3. The summed E-state index contributed by atoms with van der Waals surface area (Å²) in [5, 5.41) is 0. The largest absolute Gasteiger partial charge is 0.450 e. The lowest BCUT2D eigenvalue weighted by Crippen LogP contribution is -2.53. The van der Waals surface area contributed by atoms with E-state index < -0.39 is 15.8 Å². The normalized spacial score (nSPS) is 18.6. The van der Waals surface area contributed by atoms with Crippen molar-refractivity contribution in [3.8, 4) is 0 Å². The van der Waals surface area contributed by atoms with Crippen molar-refractivity contribution in [2.45, 2.75) is 24.7 Å². The number of hydrogen-bond donors (Lipinski definition) is 0. The highest BCUT2D eigenvalue weighted by molar-refractivity contribution is 7.89. The maximum Gasteiger partial charge on any atom is 0.419 e. The second-order valence-electron chi connectivity index (χ2n) is 8.25. The molecule has 180 valence electrons. The Labute approximate surface area is 191 Å². The van der Waals surface area contributed by atoms with Crippen molar-refractivity contribution in [1.29, 1.82) is 0 Å². The van der Waals surface area contributed by atoms with Gasteiger partial charge >= 0.3 is 11.8 Å². The van der Waals surface area contributed by atoms with E-state index in [4.69, 9.17) is 9.15 Å². The Kier molecular flexibility index (Phi) is 6.48. The van der Waals surface area contributed by atoms with Gasteiger partial charge in [-0.15, -0.1) is 0 Å². The van der Waals surface area contributed by atoms with E-state index in [9.17, 15) is 22.8 Å². The lowest BCUT2D eigenvalue weighted by Gasteiger charge is -2.37. The molecule has 0 bridgehead atoms. The quantitative estimate of drug-likeness (QED) is 0.635. The third-order valence-electron chi connectivity index (χ3n) is 6.32. The van der Waals surface area contributed by atoms with Gasteiger partial charge in [0.2, 0.25) is 15.9 Å². The number of sulfonamides is 1. The number of piperazine rings is 1. The number of aryl methyl sites for hydroxylation is 1. The molecular weight excluding hydrogens is 452 g/mol. The molecule has 0 saturated carbocycles. The van der Waals surface area contributed by atoms with E-state index >= 15 is 0 Å². The summed E-state index contributed by atoms with van der Waals surface area (Å²) in [5.41, 5.74) is 0.738. The molecule has 2 aromatic rings. The Morgan fingerprint density at radius 1 is 1.06 bits per heavy atom. The van der Waals surface area contributed by atoms with Gasteiger partial charge < -0.3 is 19.0 Å². The molecule has 0 spiro atoms. The molecule has 0 aliphatic carbocycles. The van der Waals surface area contributed by atoms with Gasteiger partial charge in [-0.3, -0.25) is 9.36 Å². The summed E-state index contributed by atoms with van der Waals surface area (Å²) < 4.78 is 39.0. The zero-order chi connectivity index (χ0) is 23.8. The zero-order valence-electron chi connectivity index (χ0n) is 18.7. The van der Waals surface area contributed by atoms with Gasteiger partial charge in [-0.25, -0.2) is 18.0 Å². The molecule has 11 nitrogen and oxygen atoms in total. The van der Waals surface area contributed by atoms with E-state index in [0.717, 1.165) is 0 Å². The minimum absolute atomic E-state index is 0.00281. The van der Waals surface area contributed by atoms with Gasteiger partial charge in [0.1, 0.15) is 0 Å². The zero-order valence-corrected chi connectivity index (χ0v) is 19.5. The Bertz CT molecular complexity index is 1200. The fourth-order valence-corrected chi connectivity index (χ4v) is 5.83. The fraction of sp³-hybridized carbons (Fsp3) is 0.571. The number of benzene rings is 1. The molecule has 0 unspecified atom stereocenters. The Morgan fingerprint density at radius 2 is 1.70 bits per heavy atom. The van der Waals surface area contributed by atoms with Crippen LogP contribution in [-0.4, -0.2) is 85.0 Å². The highest BCUT2D eigenvalue weighted by Gasteiger charge is 2.35. The van der Waals surface area contributed by atoms with Crippen molar-refractivity contribution in [2.75, 3.05) is 45.9 Å². The third kappa shape index (κ3) is 4.49. The molecule has 1 aromatic heterocycles. The summed E-state index contributed by atoms with van der Waals surface area (Å²) in [6, 6.07) is 4.39. The fourth-order valence-electron chi connectivity index (χ4n) is 4.35. The molecule has 2 aliphatic heterocycles. The number of carbonyl (C=O) groups is 2. The van der Waals surface area contributed by atoms with Crippen molar-refractivity contribution in [2.24, 2.45) is 13.0 Å². The van der Waals surface area contributed by atoms with Gasteiger partial charge in [0, 0.05) is 58.3 Å². The molecule has 3 heterocycles. The van der Waals surface area contributed by atoms with Crippen LogP contribution in [-0.2, 0) is 26.6 Å². The summed E-state index contributed by atoms with van der Waals surface area (Å²) in [4.78, 5) is 39.9. The Morgan fingerprint density at radius 3 is 2.33 bits per heavy atom. The summed E-state index contributed by atoms with van der Waals surface area (Å²) in [6.07, 6.45) is 0.494. The van der Waals surface area contributed by atoms with Crippen LogP contribution in [0.3, 0.4) is 0 Å². The highest BCUT2D eigenvalue weighted by Crippen LogP contribution is 2.27. The van der Waals surface area contributed by atoms with Crippen LogP contribution in [0.25, 0.3) is 11.1 Å². The number of hydrogen-bond acceptors (Lipinski definition) is 7. The standard InChI is InChI=1S/C21H28N4O7S/c1-3-31-21(28)24-12-10-23(11-13-24)19(26)15-6-8-25(9-7-15)33(29,30)16-4-5-17-18(14-16)32-20(27)22(17)2/h4-5,14-15H,3,6-13H2,1-2H3. The lowest BCUT2D eigenvalue weighted by molar-refractivity contribution is -0.138. The molecule has 0 N–H and O–H groups in total. The van der Waals surface area contributed by atoms with Crippen LogP contribution >= 0.6 is 0 Å². The summed E-state index contributed by atoms with van der Waals surface area (Å²) in [5.74, 6) is -0.801. The molecule has 4 rings (SSSR count). The van der Waals surface area contributed by atoms with Crippen LogP contribution in [0.1, 0.15) is 19.8 Å². The lowest BCUT2D eigenvalue weighted by atomic mass is 9.96. The second-order valence-corrected chi connectivity index (χ2v) is 10.2. The SMILES string of the molecule is CCOC(=O)N1CCN(C(=O)C2CCN(S(=O)(=O)c3ccc4c(c3)oc(=O)n4C)CC2)CC1. The van der Waals surface area contributed by atoms with Crippen LogP contribution < -0.4 is 5.76 Å².